The Morgan fingerprint density at radius 1 is 1.12 bits per heavy atom. The monoisotopic (exact) mass is 367 g/mol. The van der Waals surface area contributed by atoms with Gasteiger partial charge >= 0.3 is 0 Å². The second kappa shape index (κ2) is 9.15. The molecule has 0 aliphatic carbocycles. The van der Waals surface area contributed by atoms with Crippen LogP contribution in [0.1, 0.15) is 17.1 Å². The van der Waals surface area contributed by atoms with Gasteiger partial charge in [0.05, 0.1) is 12.3 Å². The van der Waals surface area contributed by atoms with E-state index in [0.717, 1.165) is 23.1 Å². The van der Waals surface area contributed by atoms with Crippen LogP contribution in [0.4, 0.5) is 0 Å². The molecule has 7 heteroatoms. The smallest absolute Gasteiger partial charge is 0.230 e. The minimum absolute atomic E-state index is 0.0159. The van der Waals surface area contributed by atoms with Gasteiger partial charge in [-0.25, -0.2) is 0 Å². The van der Waals surface area contributed by atoms with Gasteiger partial charge in [0, 0.05) is 24.9 Å². The van der Waals surface area contributed by atoms with E-state index in [9.17, 15) is 4.79 Å². The SMILES string of the molecule is Cc1nnc(SCC(=O)NCCc2ccccn2)n1Cc1ccccc1. The Hall–Kier alpha value is -2.67. The molecule has 2 heterocycles. The average molecular weight is 367 g/mol. The van der Waals surface area contributed by atoms with Gasteiger partial charge in [-0.05, 0) is 24.6 Å². The van der Waals surface area contributed by atoms with Crippen molar-refractivity contribution in [3.05, 3.63) is 71.8 Å². The Bertz CT molecular complexity index is 836. The molecular weight excluding hydrogens is 346 g/mol. The number of nitrogens with one attached hydrogen (secondary N) is 1. The third-order valence-corrected chi connectivity index (χ3v) is 4.81. The maximum absolute atomic E-state index is 12.1. The summed E-state index contributed by atoms with van der Waals surface area (Å²) in [6, 6.07) is 15.9. The molecule has 6 nitrogen and oxygen atoms in total. The van der Waals surface area contributed by atoms with E-state index < -0.39 is 0 Å². The number of pyridine rings is 1. The van der Waals surface area contributed by atoms with Gasteiger partial charge in [-0.2, -0.15) is 0 Å². The minimum atomic E-state index is -0.0159. The number of hydrogen-bond donors (Lipinski definition) is 1. The Morgan fingerprint density at radius 2 is 1.92 bits per heavy atom. The predicted octanol–water partition coefficient (Wildman–Crippen LogP) is 2.48. The quantitative estimate of drug-likeness (QED) is 0.619. The molecule has 0 saturated carbocycles. The summed E-state index contributed by atoms with van der Waals surface area (Å²) in [4.78, 5) is 16.3. The molecule has 0 spiro atoms. The number of carbonyl (C=O) groups excluding carboxylic acids is 1. The molecule has 1 amide bonds. The first-order valence-electron chi connectivity index (χ1n) is 8.45. The van der Waals surface area contributed by atoms with Crippen molar-refractivity contribution in [1.82, 2.24) is 25.1 Å². The molecule has 0 saturated heterocycles. The summed E-state index contributed by atoms with van der Waals surface area (Å²) in [5, 5.41) is 12.0. The van der Waals surface area contributed by atoms with E-state index in [2.05, 4.69) is 32.6 Å². The van der Waals surface area contributed by atoms with Crippen molar-refractivity contribution in [2.45, 2.75) is 25.0 Å². The number of carbonyl (C=O) groups is 1. The Labute approximate surface area is 157 Å². The van der Waals surface area contributed by atoms with Gasteiger partial charge in [0.2, 0.25) is 5.91 Å². The molecule has 0 fully saturated rings. The van der Waals surface area contributed by atoms with Gasteiger partial charge in [0.1, 0.15) is 5.82 Å². The normalized spacial score (nSPS) is 10.7. The van der Waals surface area contributed by atoms with Crippen LogP contribution >= 0.6 is 11.8 Å². The van der Waals surface area contributed by atoms with Crippen LogP contribution in [0.15, 0.2) is 59.9 Å². The first-order chi connectivity index (χ1) is 12.7. The van der Waals surface area contributed by atoms with Crippen LogP contribution in [0.5, 0.6) is 0 Å². The number of nitrogens with zero attached hydrogens (tertiary/aromatic N) is 4. The fraction of sp³-hybridized carbons (Fsp3) is 0.263. The summed E-state index contributed by atoms with van der Waals surface area (Å²) >= 11 is 1.40. The number of thioether (sulfide) groups is 1. The molecule has 2 aromatic heterocycles. The van der Waals surface area contributed by atoms with Gasteiger partial charge in [0.15, 0.2) is 5.16 Å². The van der Waals surface area contributed by atoms with Gasteiger partial charge in [-0.3, -0.25) is 9.78 Å². The zero-order chi connectivity index (χ0) is 18.2. The maximum atomic E-state index is 12.1. The van der Waals surface area contributed by atoms with Crippen molar-refractivity contribution in [1.29, 1.82) is 0 Å². The molecule has 0 aliphatic heterocycles. The lowest BCUT2D eigenvalue weighted by Gasteiger charge is -2.09. The third-order valence-electron chi connectivity index (χ3n) is 3.85. The average Bonchev–Trinajstić information content (AvgIpc) is 3.01. The third kappa shape index (κ3) is 5.16. The van der Waals surface area contributed by atoms with Crippen LogP contribution in [0.3, 0.4) is 0 Å². The fourth-order valence-electron chi connectivity index (χ4n) is 2.47. The van der Waals surface area contributed by atoms with Gasteiger partial charge in [-0.1, -0.05) is 48.2 Å². The molecule has 3 aromatic rings. The second-order valence-electron chi connectivity index (χ2n) is 5.81. The number of hydrogen-bond acceptors (Lipinski definition) is 5. The first-order valence-corrected chi connectivity index (χ1v) is 9.44. The van der Waals surface area contributed by atoms with Gasteiger partial charge < -0.3 is 9.88 Å². The minimum Gasteiger partial charge on any atom is -0.355 e. The first kappa shape index (κ1) is 18.1. The van der Waals surface area contributed by atoms with Crippen LogP contribution < -0.4 is 5.32 Å². The number of aromatic nitrogens is 4. The zero-order valence-electron chi connectivity index (χ0n) is 14.6. The van der Waals surface area contributed by atoms with Crippen molar-refractivity contribution < 1.29 is 4.79 Å². The molecule has 3 rings (SSSR count). The molecule has 1 aromatic carbocycles. The number of aryl methyl sites for hydroxylation is 1. The van der Waals surface area contributed by atoms with Crippen molar-refractivity contribution >= 4 is 17.7 Å². The van der Waals surface area contributed by atoms with Crippen molar-refractivity contribution in [2.24, 2.45) is 0 Å². The summed E-state index contributed by atoms with van der Waals surface area (Å²) in [5.41, 5.74) is 2.15. The molecule has 0 unspecified atom stereocenters. The fourth-order valence-corrected chi connectivity index (χ4v) is 3.29. The lowest BCUT2D eigenvalue weighted by molar-refractivity contribution is -0.118. The molecule has 26 heavy (non-hydrogen) atoms. The van der Waals surface area contributed by atoms with Crippen LogP contribution in [0.2, 0.25) is 0 Å². The van der Waals surface area contributed by atoms with Crippen molar-refractivity contribution in [3.63, 3.8) is 0 Å². The van der Waals surface area contributed by atoms with E-state index in [0.29, 0.717) is 18.8 Å². The van der Waals surface area contributed by atoms with E-state index >= 15 is 0 Å². The van der Waals surface area contributed by atoms with Gasteiger partial charge in [0.25, 0.3) is 0 Å². The molecule has 0 atom stereocenters. The standard InChI is InChI=1S/C19H21N5OS/c1-15-22-23-19(24(15)13-16-7-3-2-4-8-16)26-14-18(25)21-12-10-17-9-5-6-11-20-17/h2-9,11H,10,12-14H2,1H3,(H,21,25). The summed E-state index contributed by atoms with van der Waals surface area (Å²) in [6.45, 7) is 3.20. The lowest BCUT2D eigenvalue weighted by atomic mass is 10.2. The summed E-state index contributed by atoms with van der Waals surface area (Å²) in [7, 11) is 0. The van der Waals surface area contributed by atoms with Crippen LogP contribution in [0.25, 0.3) is 0 Å². The molecular formula is C19H21N5OS. The van der Waals surface area contributed by atoms with Crippen molar-refractivity contribution in [2.75, 3.05) is 12.3 Å². The lowest BCUT2D eigenvalue weighted by Crippen LogP contribution is -2.27. The number of benzene rings is 1. The molecule has 134 valence electrons. The zero-order valence-corrected chi connectivity index (χ0v) is 15.4. The highest BCUT2D eigenvalue weighted by atomic mass is 32.2. The largest absolute Gasteiger partial charge is 0.355 e. The maximum Gasteiger partial charge on any atom is 0.230 e. The summed E-state index contributed by atoms with van der Waals surface area (Å²) in [6.07, 6.45) is 2.48. The van der Waals surface area contributed by atoms with Crippen LogP contribution in [0, 0.1) is 6.92 Å². The molecule has 1 N–H and O–H groups in total. The van der Waals surface area contributed by atoms with E-state index in [1.807, 2.05) is 47.9 Å². The predicted molar refractivity (Wildman–Crippen MR) is 102 cm³/mol. The highest BCUT2D eigenvalue weighted by Gasteiger charge is 2.12. The Balaban J connectivity index is 1.49. The summed E-state index contributed by atoms with van der Waals surface area (Å²) < 4.78 is 2.03. The van der Waals surface area contributed by atoms with E-state index in [-0.39, 0.29) is 5.91 Å². The Kier molecular flexibility index (Phi) is 6.38. The van der Waals surface area contributed by atoms with E-state index in [1.165, 1.54) is 17.3 Å². The highest BCUT2D eigenvalue weighted by molar-refractivity contribution is 7.99. The van der Waals surface area contributed by atoms with E-state index in [1.54, 1.807) is 6.20 Å². The van der Waals surface area contributed by atoms with Gasteiger partial charge in [-0.15, -0.1) is 10.2 Å². The molecule has 0 radical (unpaired) electrons. The topological polar surface area (TPSA) is 72.7 Å². The molecule has 0 bridgehead atoms. The highest BCUT2D eigenvalue weighted by Crippen LogP contribution is 2.18. The second-order valence-corrected chi connectivity index (χ2v) is 6.75. The summed E-state index contributed by atoms with van der Waals surface area (Å²) in [5.74, 6) is 1.14. The van der Waals surface area contributed by atoms with Crippen LogP contribution in [-0.4, -0.2) is 38.0 Å². The number of rotatable bonds is 8. The number of amides is 1. The Morgan fingerprint density at radius 3 is 2.69 bits per heavy atom. The van der Waals surface area contributed by atoms with Crippen LogP contribution in [-0.2, 0) is 17.8 Å². The van der Waals surface area contributed by atoms with Crippen molar-refractivity contribution in [3.8, 4) is 0 Å². The molecule has 0 aliphatic rings. The van der Waals surface area contributed by atoms with E-state index in [4.69, 9.17) is 0 Å².